The molecule has 4 nitrogen and oxygen atoms in total. The fourth-order valence-corrected chi connectivity index (χ4v) is 3.60. The minimum Gasteiger partial charge on any atom is -0.496 e. The van der Waals surface area contributed by atoms with Crippen molar-refractivity contribution >= 4 is 5.96 Å². The monoisotopic (exact) mass is 317 g/mol. The molecule has 3 unspecified atom stereocenters. The van der Waals surface area contributed by atoms with E-state index in [1.807, 2.05) is 19.2 Å². The Morgan fingerprint density at radius 2 is 1.96 bits per heavy atom. The lowest BCUT2D eigenvalue weighted by atomic mass is 9.92. The van der Waals surface area contributed by atoms with Gasteiger partial charge in [-0.2, -0.15) is 0 Å². The van der Waals surface area contributed by atoms with Crippen LogP contribution in [0.1, 0.15) is 38.7 Å². The van der Waals surface area contributed by atoms with Crippen LogP contribution in [0.3, 0.4) is 0 Å². The first-order chi connectivity index (χ1) is 11.0. The number of benzene rings is 1. The van der Waals surface area contributed by atoms with Crippen molar-refractivity contribution in [1.29, 1.82) is 0 Å². The van der Waals surface area contributed by atoms with Crippen LogP contribution in [0.2, 0.25) is 0 Å². The molecule has 128 valence electrons. The fraction of sp³-hybridized carbons (Fsp3) is 0.632. The molecule has 1 saturated heterocycles. The highest BCUT2D eigenvalue weighted by atomic mass is 16.5. The molecule has 1 aliphatic heterocycles. The molecule has 0 aromatic heterocycles. The third-order valence-electron chi connectivity index (χ3n) is 4.62. The molecule has 0 aliphatic carbocycles. The third-order valence-corrected chi connectivity index (χ3v) is 4.62. The predicted octanol–water partition coefficient (Wildman–Crippen LogP) is 3.35. The van der Waals surface area contributed by atoms with Gasteiger partial charge in [-0.05, 0) is 29.9 Å². The number of likely N-dealkylation sites (tertiary alicyclic amines) is 1. The molecule has 2 rings (SSSR count). The molecule has 0 radical (unpaired) electrons. The Balaban J connectivity index is 1.97. The van der Waals surface area contributed by atoms with Crippen molar-refractivity contribution in [3.63, 3.8) is 0 Å². The van der Waals surface area contributed by atoms with Gasteiger partial charge in [-0.15, -0.1) is 0 Å². The summed E-state index contributed by atoms with van der Waals surface area (Å²) in [5.74, 6) is 3.79. The number of hydrogen-bond donors (Lipinski definition) is 1. The SMILES string of the molecule is CN=C(NCC(C)c1ccccc1OC)N1CC(C)CC(C)C1. The van der Waals surface area contributed by atoms with E-state index in [-0.39, 0.29) is 0 Å². The molecule has 0 saturated carbocycles. The molecule has 1 N–H and O–H groups in total. The van der Waals surface area contributed by atoms with E-state index in [2.05, 4.69) is 48.1 Å². The summed E-state index contributed by atoms with van der Waals surface area (Å²) in [4.78, 5) is 6.89. The van der Waals surface area contributed by atoms with E-state index in [1.54, 1.807) is 7.11 Å². The van der Waals surface area contributed by atoms with Gasteiger partial charge in [0.1, 0.15) is 5.75 Å². The molecular formula is C19H31N3O. The van der Waals surface area contributed by atoms with Gasteiger partial charge in [0.05, 0.1) is 7.11 Å². The van der Waals surface area contributed by atoms with Crippen LogP contribution in [0.5, 0.6) is 5.75 Å². The van der Waals surface area contributed by atoms with E-state index < -0.39 is 0 Å². The van der Waals surface area contributed by atoms with Crippen LogP contribution < -0.4 is 10.1 Å². The first-order valence-corrected chi connectivity index (χ1v) is 8.63. The van der Waals surface area contributed by atoms with Gasteiger partial charge in [0, 0.05) is 32.6 Å². The van der Waals surface area contributed by atoms with Crippen LogP contribution >= 0.6 is 0 Å². The van der Waals surface area contributed by atoms with Gasteiger partial charge in [0.15, 0.2) is 5.96 Å². The van der Waals surface area contributed by atoms with Crippen LogP contribution in [0.15, 0.2) is 29.3 Å². The summed E-state index contributed by atoms with van der Waals surface area (Å²) in [7, 11) is 3.61. The molecule has 1 aromatic rings. The predicted molar refractivity (Wildman–Crippen MR) is 97.3 cm³/mol. The van der Waals surface area contributed by atoms with Gasteiger partial charge in [0.2, 0.25) is 0 Å². The Morgan fingerprint density at radius 1 is 1.30 bits per heavy atom. The van der Waals surface area contributed by atoms with Crippen LogP contribution in [0.4, 0.5) is 0 Å². The number of methoxy groups -OCH3 is 1. The first kappa shape index (κ1) is 17.6. The Hall–Kier alpha value is -1.71. The van der Waals surface area contributed by atoms with Gasteiger partial charge in [-0.1, -0.05) is 39.0 Å². The average Bonchev–Trinajstić information content (AvgIpc) is 2.54. The summed E-state index contributed by atoms with van der Waals surface area (Å²) < 4.78 is 5.48. The number of nitrogens with one attached hydrogen (secondary N) is 1. The maximum atomic E-state index is 5.48. The number of ether oxygens (including phenoxy) is 1. The van der Waals surface area contributed by atoms with Crippen molar-refractivity contribution in [2.75, 3.05) is 33.8 Å². The number of para-hydroxylation sites is 1. The topological polar surface area (TPSA) is 36.9 Å². The number of rotatable bonds is 4. The molecule has 3 atom stereocenters. The van der Waals surface area contributed by atoms with Gasteiger partial charge in [-0.3, -0.25) is 4.99 Å². The largest absolute Gasteiger partial charge is 0.496 e. The standard InChI is InChI=1S/C19H31N3O/c1-14-10-15(2)13-22(12-14)19(20-4)21-11-16(3)17-8-6-7-9-18(17)23-5/h6-9,14-16H,10-13H2,1-5H3,(H,20,21). The minimum atomic E-state index is 0.363. The molecule has 1 heterocycles. The number of nitrogens with zero attached hydrogens (tertiary/aromatic N) is 2. The second-order valence-electron chi connectivity index (χ2n) is 6.92. The summed E-state index contributed by atoms with van der Waals surface area (Å²) in [6, 6.07) is 8.24. The summed E-state index contributed by atoms with van der Waals surface area (Å²) in [5, 5.41) is 3.55. The molecule has 4 heteroatoms. The van der Waals surface area contributed by atoms with Crippen LogP contribution in [-0.4, -0.2) is 44.7 Å². The van der Waals surface area contributed by atoms with Crippen LogP contribution in [0, 0.1) is 11.8 Å². The zero-order chi connectivity index (χ0) is 16.8. The lowest BCUT2D eigenvalue weighted by Gasteiger charge is -2.37. The first-order valence-electron chi connectivity index (χ1n) is 8.63. The molecule has 0 spiro atoms. The highest BCUT2D eigenvalue weighted by Gasteiger charge is 2.24. The summed E-state index contributed by atoms with van der Waals surface area (Å²) in [5.41, 5.74) is 1.23. The zero-order valence-corrected chi connectivity index (χ0v) is 15.2. The van der Waals surface area contributed by atoms with Crippen molar-refractivity contribution in [1.82, 2.24) is 10.2 Å². The van der Waals surface area contributed by atoms with Gasteiger partial charge in [-0.25, -0.2) is 0 Å². The molecule has 1 fully saturated rings. The maximum Gasteiger partial charge on any atom is 0.193 e. The zero-order valence-electron chi connectivity index (χ0n) is 15.2. The van der Waals surface area contributed by atoms with E-state index in [0.29, 0.717) is 5.92 Å². The fourth-order valence-electron chi connectivity index (χ4n) is 3.60. The number of hydrogen-bond acceptors (Lipinski definition) is 2. The van der Waals surface area contributed by atoms with Crippen LogP contribution in [-0.2, 0) is 0 Å². The van der Waals surface area contributed by atoms with E-state index in [9.17, 15) is 0 Å². The quantitative estimate of drug-likeness (QED) is 0.683. The Morgan fingerprint density at radius 3 is 2.57 bits per heavy atom. The van der Waals surface area contributed by atoms with Crippen molar-refractivity contribution in [2.24, 2.45) is 16.8 Å². The Kier molecular flexibility index (Phi) is 6.31. The van der Waals surface area contributed by atoms with Crippen molar-refractivity contribution in [3.8, 4) is 5.75 Å². The Labute approximate surface area is 140 Å². The third kappa shape index (κ3) is 4.63. The van der Waals surface area contributed by atoms with E-state index in [4.69, 9.17) is 4.74 Å². The molecular weight excluding hydrogens is 286 g/mol. The summed E-state index contributed by atoms with van der Waals surface area (Å²) >= 11 is 0. The number of guanidine groups is 1. The van der Waals surface area contributed by atoms with Gasteiger partial charge in [0.25, 0.3) is 0 Å². The maximum absolute atomic E-state index is 5.48. The molecule has 1 aromatic carbocycles. The van der Waals surface area contributed by atoms with Crippen molar-refractivity contribution in [3.05, 3.63) is 29.8 Å². The lowest BCUT2D eigenvalue weighted by Crippen LogP contribution is -2.49. The average molecular weight is 317 g/mol. The lowest BCUT2D eigenvalue weighted by molar-refractivity contribution is 0.208. The molecule has 23 heavy (non-hydrogen) atoms. The highest BCUT2D eigenvalue weighted by molar-refractivity contribution is 5.80. The molecule has 0 bridgehead atoms. The van der Waals surface area contributed by atoms with E-state index >= 15 is 0 Å². The second kappa shape index (κ2) is 8.23. The van der Waals surface area contributed by atoms with Gasteiger partial charge < -0.3 is 15.0 Å². The van der Waals surface area contributed by atoms with E-state index in [0.717, 1.165) is 43.2 Å². The summed E-state index contributed by atoms with van der Waals surface area (Å²) in [6.45, 7) is 9.91. The van der Waals surface area contributed by atoms with Crippen molar-refractivity contribution < 1.29 is 4.74 Å². The minimum absolute atomic E-state index is 0.363. The number of piperidine rings is 1. The van der Waals surface area contributed by atoms with Gasteiger partial charge >= 0.3 is 0 Å². The van der Waals surface area contributed by atoms with Crippen molar-refractivity contribution in [2.45, 2.75) is 33.1 Å². The van der Waals surface area contributed by atoms with E-state index in [1.165, 1.54) is 12.0 Å². The second-order valence-corrected chi connectivity index (χ2v) is 6.92. The van der Waals surface area contributed by atoms with Crippen LogP contribution in [0.25, 0.3) is 0 Å². The highest BCUT2D eigenvalue weighted by Crippen LogP contribution is 2.26. The molecule has 0 amide bonds. The normalized spacial score (nSPS) is 23.5. The molecule has 1 aliphatic rings. The summed E-state index contributed by atoms with van der Waals surface area (Å²) in [6.07, 6.45) is 1.31. The Bertz CT molecular complexity index is 519. The smallest absolute Gasteiger partial charge is 0.193 e. The number of aliphatic imine (C=N–C) groups is 1.